The van der Waals surface area contributed by atoms with Gasteiger partial charge < -0.3 is 14.8 Å². The quantitative estimate of drug-likeness (QED) is 0.745. The van der Waals surface area contributed by atoms with E-state index < -0.39 is 24.1 Å². The number of amides is 1. The summed E-state index contributed by atoms with van der Waals surface area (Å²) in [6.45, 7) is 0.769. The number of hydrogen-bond donors (Lipinski definition) is 2. The molecule has 7 nitrogen and oxygen atoms in total. The Morgan fingerprint density at radius 3 is 2.21 bits per heavy atom. The van der Waals surface area contributed by atoms with Gasteiger partial charge in [-0.1, -0.05) is 60.7 Å². The normalized spacial score (nSPS) is 19.3. The highest BCUT2D eigenvalue weighted by molar-refractivity contribution is 5.75. The molecular weight excluding hydrogens is 360 g/mol. The maximum atomic E-state index is 12.6. The van der Waals surface area contributed by atoms with E-state index in [9.17, 15) is 9.59 Å². The highest BCUT2D eigenvalue weighted by atomic mass is 16.6. The summed E-state index contributed by atoms with van der Waals surface area (Å²) in [6.07, 6.45) is -0.152. The summed E-state index contributed by atoms with van der Waals surface area (Å²) in [5.74, 6) is -0.967. The monoisotopic (exact) mass is 384 g/mol. The summed E-state index contributed by atoms with van der Waals surface area (Å²) in [6, 6.07) is 18.8. The van der Waals surface area contributed by atoms with Crippen molar-refractivity contribution >= 4 is 12.1 Å². The summed E-state index contributed by atoms with van der Waals surface area (Å²) in [4.78, 5) is 30.0. The van der Waals surface area contributed by atoms with Crippen LogP contribution in [0.4, 0.5) is 4.79 Å². The van der Waals surface area contributed by atoms with Crippen molar-refractivity contribution in [1.82, 2.24) is 10.8 Å². The fourth-order valence-corrected chi connectivity index (χ4v) is 2.88. The minimum atomic E-state index is -0.728. The zero-order valence-corrected chi connectivity index (χ0v) is 15.5. The van der Waals surface area contributed by atoms with E-state index in [1.807, 2.05) is 60.7 Å². The van der Waals surface area contributed by atoms with E-state index in [4.69, 9.17) is 14.3 Å². The average Bonchev–Trinajstić information content (AvgIpc) is 2.97. The summed E-state index contributed by atoms with van der Waals surface area (Å²) >= 11 is 0. The Hall–Kier alpha value is -2.90. The first kappa shape index (κ1) is 19.9. The first-order valence-electron chi connectivity index (χ1n) is 9.27. The Balaban J connectivity index is 1.54. The van der Waals surface area contributed by atoms with Crippen LogP contribution in [0, 0.1) is 5.92 Å². The number of rotatable bonds is 6. The van der Waals surface area contributed by atoms with Gasteiger partial charge in [0.2, 0.25) is 0 Å². The molecular formula is C21H24N2O5. The van der Waals surface area contributed by atoms with Gasteiger partial charge in [0.25, 0.3) is 0 Å². The number of hydrogen-bond acceptors (Lipinski definition) is 6. The van der Waals surface area contributed by atoms with Gasteiger partial charge >= 0.3 is 12.1 Å². The van der Waals surface area contributed by atoms with Crippen molar-refractivity contribution in [2.45, 2.75) is 32.2 Å². The van der Waals surface area contributed by atoms with Gasteiger partial charge in [0.05, 0.1) is 12.5 Å². The van der Waals surface area contributed by atoms with Crippen LogP contribution in [-0.2, 0) is 32.3 Å². The van der Waals surface area contributed by atoms with Crippen molar-refractivity contribution in [3.05, 3.63) is 71.8 Å². The summed E-state index contributed by atoms with van der Waals surface area (Å²) in [5, 5.41) is 2.66. The topological polar surface area (TPSA) is 85.9 Å². The Bertz CT molecular complexity index is 754. The molecule has 1 heterocycles. The van der Waals surface area contributed by atoms with Gasteiger partial charge in [-0.2, -0.15) is 5.48 Å². The SMILES string of the molecule is O=C(NC1NOCCCC1C(=O)OCc1ccccc1)OCc1ccccc1. The number of hydroxylamine groups is 1. The van der Waals surface area contributed by atoms with Gasteiger partial charge in [0, 0.05) is 0 Å². The molecule has 148 valence electrons. The number of esters is 1. The molecule has 1 saturated heterocycles. The molecule has 2 aromatic rings. The van der Waals surface area contributed by atoms with E-state index in [2.05, 4.69) is 10.8 Å². The fraction of sp³-hybridized carbons (Fsp3) is 0.333. The second kappa shape index (κ2) is 10.4. The van der Waals surface area contributed by atoms with Crippen molar-refractivity contribution < 1.29 is 23.9 Å². The van der Waals surface area contributed by atoms with E-state index >= 15 is 0 Å². The molecule has 0 spiro atoms. The van der Waals surface area contributed by atoms with Crippen molar-refractivity contribution in [2.75, 3.05) is 6.61 Å². The minimum absolute atomic E-state index is 0.142. The molecule has 2 N–H and O–H groups in total. The highest BCUT2D eigenvalue weighted by Crippen LogP contribution is 2.17. The second-order valence-electron chi connectivity index (χ2n) is 6.49. The van der Waals surface area contributed by atoms with Gasteiger partial charge in [0.15, 0.2) is 0 Å². The molecule has 3 rings (SSSR count). The molecule has 0 saturated carbocycles. The molecule has 7 heteroatoms. The standard InChI is InChI=1S/C21H24N2O5/c24-20(26-14-16-8-3-1-4-9-16)18-12-7-13-28-23-19(18)22-21(25)27-15-17-10-5-2-6-11-17/h1-6,8-11,18-19,23H,7,12-15H2,(H,22,25). The third-order valence-electron chi connectivity index (χ3n) is 4.39. The Morgan fingerprint density at radius 2 is 1.57 bits per heavy atom. The highest BCUT2D eigenvalue weighted by Gasteiger charge is 2.33. The lowest BCUT2D eigenvalue weighted by molar-refractivity contribution is -0.152. The van der Waals surface area contributed by atoms with Crippen LogP contribution in [0.1, 0.15) is 24.0 Å². The number of alkyl carbamates (subject to hydrolysis) is 1. The van der Waals surface area contributed by atoms with Crippen LogP contribution in [0.25, 0.3) is 0 Å². The van der Waals surface area contributed by atoms with E-state index in [0.717, 1.165) is 11.1 Å². The maximum Gasteiger partial charge on any atom is 0.408 e. The van der Waals surface area contributed by atoms with E-state index in [-0.39, 0.29) is 13.2 Å². The number of carbonyl (C=O) groups excluding carboxylic acids is 2. The van der Waals surface area contributed by atoms with Crippen molar-refractivity contribution in [2.24, 2.45) is 5.92 Å². The van der Waals surface area contributed by atoms with Crippen molar-refractivity contribution in [3.8, 4) is 0 Å². The lowest BCUT2D eigenvalue weighted by Crippen LogP contribution is -2.51. The Morgan fingerprint density at radius 1 is 0.964 bits per heavy atom. The van der Waals surface area contributed by atoms with E-state index in [1.54, 1.807) is 0 Å². The lowest BCUT2D eigenvalue weighted by Gasteiger charge is -2.24. The van der Waals surface area contributed by atoms with Crippen LogP contribution in [0.15, 0.2) is 60.7 Å². The number of nitrogens with one attached hydrogen (secondary N) is 2. The molecule has 0 aliphatic carbocycles. The third-order valence-corrected chi connectivity index (χ3v) is 4.39. The van der Waals surface area contributed by atoms with E-state index in [0.29, 0.717) is 19.4 Å². The Labute approximate surface area is 163 Å². The third kappa shape index (κ3) is 6.07. The number of benzene rings is 2. The van der Waals surface area contributed by atoms with Crippen LogP contribution >= 0.6 is 0 Å². The molecule has 0 aromatic heterocycles. The summed E-state index contributed by atoms with van der Waals surface area (Å²) in [7, 11) is 0. The molecule has 1 amide bonds. The van der Waals surface area contributed by atoms with Gasteiger partial charge in [-0.25, -0.2) is 4.79 Å². The van der Waals surface area contributed by atoms with Crippen molar-refractivity contribution in [3.63, 3.8) is 0 Å². The molecule has 1 aliphatic heterocycles. The first-order valence-corrected chi connectivity index (χ1v) is 9.27. The molecule has 28 heavy (non-hydrogen) atoms. The van der Waals surface area contributed by atoms with Crippen LogP contribution in [0.5, 0.6) is 0 Å². The number of ether oxygens (including phenoxy) is 2. The van der Waals surface area contributed by atoms with Crippen LogP contribution in [-0.4, -0.2) is 24.8 Å². The van der Waals surface area contributed by atoms with Gasteiger partial charge in [-0.05, 0) is 24.0 Å². The zero-order chi connectivity index (χ0) is 19.6. The second-order valence-corrected chi connectivity index (χ2v) is 6.49. The molecule has 2 unspecified atom stereocenters. The summed E-state index contributed by atoms with van der Waals surface area (Å²) in [5.41, 5.74) is 4.51. The van der Waals surface area contributed by atoms with Crippen LogP contribution in [0.2, 0.25) is 0 Å². The molecule has 1 aliphatic rings. The lowest BCUT2D eigenvalue weighted by atomic mass is 10.0. The number of carbonyl (C=O) groups is 2. The van der Waals surface area contributed by atoms with Crippen LogP contribution < -0.4 is 10.8 Å². The van der Waals surface area contributed by atoms with Gasteiger partial charge in [0.1, 0.15) is 19.4 Å². The summed E-state index contributed by atoms with van der Waals surface area (Å²) < 4.78 is 10.7. The average molecular weight is 384 g/mol. The Kier molecular flexibility index (Phi) is 7.40. The predicted molar refractivity (Wildman–Crippen MR) is 102 cm³/mol. The van der Waals surface area contributed by atoms with Gasteiger partial charge in [-0.15, -0.1) is 0 Å². The zero-order valence-electron chi connectivity index (χ0n) is 15.5. The van der Waals surface area contributed by atoms with Crippen molar-refractivity contribution in [1.29, 1.82) is 0 Å². The fourth-order valence-electron chi connectivity index (χ4n) is 2.88. The smallest absolute Gasteiger partial charge is 0.408 e. The maximum absolute atomic E-state index is 12.6. The first-order chi connectivity index (χ1) is 13.7. The molecule has 0 bridgehead atoms. The van der Waals surface area contributed by atoms with Crippen LogP contribution in [0.3, 0.4) is 0 Å². The molecule has 2 atom stereocenters. The molecule has 2 aromatic carbocycles. The van der Waals surface area contributed by atoms with E-state index in [1.165, 1.54) is 0 Å². The minimum Gasteiger partial charge on any atom is -0.461 e. The molecule has 1 fully saturated rings. The predicted octanol–water partition coefficient (Wildman–Crippen LogP) is 2.91. The van der Waals surface area contributed by atoms with Gasteiger partial charge in [-0.3, -0.25) is 9.63 Å². The largest absolute Gasteiger partial charge is 0.461 e. The molecule has 0 radical (unpaired) electrons.